The van der Waals surface area contributed by atoms with E-state index in [9.17, 15) is 16.8 Å². The molecule has 0 heterocycles. The molecule has 0 aromatic rings. The van der Waals surface area contributed by atoms with E-state index in [0.29, 0.717) is 0 Å². The summed E-state index contributed by atoms with van der Waals surface area (Å²) in [5, 5.41) is 0. The van der Waals surface area contributed by atoms with Crippen LogP contribution in [0.4, 0.5) is 0 Å². The molecule has 10 heteroatoms. The van der Waals surface area contributed by atoms with Gasteiger partial charge in [0.25, 0.3) is 0 Å². The van der Waals surface area contributed by atoms with Crippen molar-refractivity contribution in [2.45, 2.75) is 0 Å². The Bertz CT molecular complexity index is 238. The average Bonchev–Trinajstić information content (AvgIpc) is 1.14. The molecular formula is H2O6S3Se. The first-order valence-corrected chi connectivity index (χ1v) is 6.10. The zero-order valence-electron chi connectivity index (χ0n) is 4.16. The summed E-state index contributed by atoms with van der Waals surface area (Å²) in [6, 6.07) is 0. The number of hydrogen-bond acceptors (Lipinski definition) is 5. The van der Waals surface area contributed by atoms with Gasteiger partial charge in [-0.2, -0.15) is 16.8 Å². The smallest absolute Gasteiger partial charge is 0.276 e. The van der Waals surface area contributed by atoms with Gasteiger partial charge in [0.15, 0.2) is 9.83 Å². The van der Waals surface area contributed by atoms with Crippen LogP contribution in [0, 0.1) is 0 Å². The molecule has 0 amide bonds. The second kappa shape index (κ2) is 3.90. The molecule has 2 radical (unpaired) electrons. The fourth-order valence-corrected chi connectivity index (χ4v) is 2.93. The molecule has 10 heavy (non-hydrogen) atoms. The first-order chi connectivity index (χ1) is 3.71. The average molecular weight is 273 g/mol. The molecule has 0 aliphatic heterocycles. The van der Waals surface area contributed by atoms with E-state index < -0.39 is 28.1 Å². The maximum absolute atomic E-state index is 9.63. The number of hydrogen-bond donors (Lipinski definition) is 2. The summed E-state index contributed by atoms with van der Waals surface area (Å²) in [4.78, 5) is 0. The van der Waals surface area contributed by atoms with Crippen LogP contribution >= 0.6 is 9.83 Å². The fourth-order valence-electron chi connectivity index (χ4n) is 0.109. The van der Waals surface area contributed by atoms with Crippen molar-refractivity contribution >= 4 is 45.2 Å². The van der Waals surface area contributed by atoms with Crippen molar-refractivity contribution in [2.24, 2.45) is 0 Å². The molecule has 0 aliphatic rings. The van der Waals surface area contributed by atoms with Crippen LogP contribution in [-0.4, -0.2) is 43.0 Å². The summed E-state index contributed by atoms with van der Waals surface area (Å²) in [5.74, 6) is 0. The Hall–Kier alpha value is 0.689. The molecule has 0 fully saturated rings. The fraction of sp³-hybridized carbons (Fsp3) is 0. The molecule has 62 valence electrons. The molecular weight excluding hydrogens is 271 g/mol. The summed E-state index contributed by atoms with van der Waals surface area (Å²) in [5.41, 5.74) is 0. The van der Waals surface area contributed by atoms with Crippen molar-refractivity contribution in [3.63, 3.8) is 0 Å². The van der Waals surface area contributed by atoms with Gasteiger partial charge in [-0.05, 0) is 0 Å². The monoisotopic (exact) mass is 274 g/mol. The second-order valence-electron chi connectivity index (χ2n) is 0.924. The van der Waals surface area contributed by atoms with Gasteiger partial charge < -0.3 is 0 Å². The minimum atomic E-state index is -4.70. The topological polar surface area (TPSA) is 109 Å². The van der Waals surface area contributed by atoms with E-state index in [1.165, 1.54) is 0 Å². The van der Waals surface area contributed by atoms with Gasteiger partial charge in [-0.15, -0.1) is 0 Å². The maximum atomic E-state index is 9.63. The summed E-state index contributed by atoms with van der Waals surface area (Å²) >= 11 is 0. The Morgan fingerprint density at radius 1 is 0.900 bits per heavy atom. The molecule has 0 bridgehead atoms. The zero-order valence-corrected chi connectivity index (χ0v) is 8.32. The van der Waals surface area contributed by atoms with Gasteiger partial charge in [-0.25, -0.2) is 0 Å². The Kier molecular flexibility index (Phi) is 5.19. The molecule has 0 saturated heterocycles. The minimum Gasteiger partial charge on any atom is -0.276 e. The third kappa shape index (κ3) is 11.5. The molecule has 0 spiro atoms. The van der Waals surface area contributed by atoms with Crippen molar-refractivity contribution in [1.82, 2.24) is 0 Å². The van der Waals surface area contributed by atoms with E-state index in [-0.39, 0.29) is 17.1 Å². The van der Waals surface area contributed by atoms with Crippen LogP contribution < -0.4 is 0 Å². The SMILES string of the molecule is O=S(=O)(O)SS(=O)(=O)O.[Se]. The zero-order chi connectivity index (χ0) is 7.71. The van der Waals surface area contributed by atoms with E-state index in [1.807, 2.05) is 0 Å². The Morgan fingerprint density at radius 2 is 1.10 bits per heavy atom. The Balaban J connectivity index is 0. The standard InChI is InChI=1S/H2O6S3.Se/c1-8(2,3)7-9(4,5)6;/h(H,1,2,3)(H,4,5,6);. The van der Waals surface area contributed by atoms with Gasteiger partial charge in [0.05, 0.1) is 0 Å². The molecule has 2 N–H and O–H groups in total. The minimum absolute atomic E-state index is 0. The van der Waals surface area contributed by atoms with E-state index in [4.69, 9.17) is 9.11 Å². The van der Waals surface area contributed by atoms with Crippen LogP contribution in [0.5, 0.6) is 0 Å². The molecule has 0 rings (SSSR count). The summed E-state index contributed by atoms with van der Waals surface area (Å²) in [6.07, 6.45) is 0. The van der Waals surface area contributed by atoms with E-state index >= 15 is 0 Å². The normalized spacial score (nSPS) is 12.2. The van der Waals surface area contributed by atoms with E-state index in [2.05, 4.69) is 0 Å². The third-order valence-electron chi connectivity index (χ3n) is 0.172. The quantitative estimate of drug-likeness (QED) is 0.375. The maximum Gasteiger partial charge on any atom is 0.336 e. The van der Waals surface area contributed by atoms with Gasteiger partial charge >= 0.3 is 18.3 Å². The molecule has 0 saturated carbocycles. The predicted molar refractivity (Wildman–Crippen MR) is 36.4 cm³/mol. The van der Waals surface area contributed by atoms with Gasteiger partial charge in [0, 0.05) is 17.1 Å². The van der Waals surface area contributed by atoms with Crippen molar-refractivity contribution in [1.29, 1.82) is 0 Å². The van der Waals surface area contributed by atoms with E-state index in [0.717, 1.165) is 0 Å². The van der Waals surface area contributed by atoms with Gasteiger partial charge in [0.1, 0.15) is 0 Å². The summed E-state index contributed by atoms with van der Waals surface area (Å²) in [7, 11) is -10.3. The van der Waals surface area contributed by atoms with Crippen LogP contribution in [0.15, 0.2) is 0 Å². The van der Waals surface area contributed by atoms with Crippen molar-refractivity contribution in [3.8, 4) is 0 Å². The largest absolute Gasteiger partial charge is 0.336 e. The number of rotatable bonds is 2. The van der Waals surface area contributed by atoms with Crippen LogP contribution in [0.3, 0.4) is 0 Å². The van der Waals surface area contributed by atoms with Gasteiger partial charge in [-0.3, -0.25) is 9.11 Å². The van der Waals surface area contributed by atoms with Crippen LogP contribution in [0.1, 0.15) is 0 Å². The van der Waals surface area contributed by atoms with Crippen molar-refractivity contribution < 1.29 is 25.9 Å². The third-order valence-corrected chi connectivity index (χ3v) is 4.64. The molecule has 6 nitrogen and oxygen atoms in total. The molecule has 0 aromatic carbocycles. The molecule has 0 atom stereocenters. The van der Waals surface area contributed by atoms with Crippen LogP contribution in [-0.2, 0) is 18.3 Å². The second-order valence-corrected chi connectivity index (χ2v) is 6.93. The first kappa shape index (κ1) is 13.3. The van der Waals surface area contributed by atoms with Gasteiger partial charge in [0.2, 0.25) is 0 Å². The predicted octanol–water partition coefficient (Wildman–Crippen LogP) is -1.06. The van der Waals surface area contributed by atoms with E-state index in [1.54, 1.807) is 0 Å². The summed E-state index contributed by atoms with van der Waals surface area (Å²) in [6.45, 7) is 0. The first-order valence-electron chi connectivity index (χ1n) is 1.37. The van der Waals surface area contributed by atoms with Gasteiger partial charge in [-0.1, -0.05) is 0 Å². The van der Waals surface area contributed by atoms with Crippen molar-refractivity contribution in [3.05, 3.63) is 0 Å². The van der Waals surface area contributed by atoms with Crippen LogP contribution in [0.2, 0.25) is 0 Å². The molecule has 0 aromatic heterocycles. The Morgan fingerprint density at radius 3 is 1.10 bits per heavy atom. The molecule has 0 unspecified atom stereocenters. The molecule has 0 aliphatic carbocycles. The van der Waals surface area contributed by atoms with Crippen molar-refractivity contribution in [2.75, 3.05) is 0 Å². The van der Waals surface area contributed by atoms with Crippen LogP contribution in [0.25, 0.3) is 0 Å². The Labute approximate surface area is 71.2 Å². The summed E-state index contributed by atoms with van der Waals surface area (Å²) < 4.78 is 54.0.